The summed E-state index contributed by atoms with van der Waals surface area (Å²) in [5, 5.41) is 19.6. The van der Waals surface area contributed by atoms with Gasteiger partial charge in [-0.2, -0.15) is 0 Å². The minimum absolute atomic E-state index is 0.153. The number of rotatable bonds is 4. The Labute approximate surface area is 152 Å². The fraction of sp³-hybridized carbons (Fsp3) is 0.111. The van der Waals surface area contributed by atoms with Crippen molar-refractivity contribution in [3.8, 4) is 5.75 Å². The third-order valence-corrected chi connectivity index (χ3v) is 4.29. The average Bonchev–Trinajstić information content (AvgIpc) is 2.58. The molecule has 122 valence electrons. The Morgan fingerprint density at radius 3 is 2.71 bits per heavy atom. The lowest BCUT2D eigenvalue weighted by Crippen LogP contribution is -2.25. The van der Waals surface area contributed by atoms with Crippen LogP contribution in [0, 0.1) is 3.57 Å². The van der Waals surface area contributed by atoms with Crippen LogP contribution in [0.15, 0.2) is 47.3 Å². The van der Waals surface area contributed by atoms with Gasteiger partial charge in [-0.1, -0.05) is 18.2 Å². The summed E-state index contributed by atoms with van der Waals surface area (Å²) >= 11 is 2.15. The van der Waals surface area contributed by atoms with Gasteiger partial charge in [0.2, 0.25) is 0 Å². The lowest BCUT2D eigenvalue weighted by molar-refractivity contribution is 0.273. The Hall–Kier alpha value is -2.19. The number of para-hydroxylation sites is 1. The summed E-state index contributed by atoms with van der Waals surface area (Å²) in [5.41, 5.74) is 1.04. The number of phenolic OH excluding ortho intramolecular Hbond substituents is 1. The van der Waals surface area contributed by atoms with Gasteiger partial charge in [-0.05, 0) is 59.0 Å². The zero-order valence-electron chi connectivity index (χ0n) is 12.7. The Balaban J connectivity index is 2.16. The second-order valence-corrected chi connectivity index (χ2v) is 6.45. The summed E-state index contributed by atoms with van der Waals surface area (Å²) in [6.45, 7) is 0.00212. The summed E-state index contributed by atoms with van der Waals surface area (Å²) in [5.74, 6) is 0.589. The number of aliphatic hydroxyl groups excluding tert-OH is 1. The third kappa shape index (κ3) is 3.34. The lowest BCUT2D eigenvalue weighted by Gasteiger charge is -2.10. The molecule has 0 saturated carbocycles. The van der Waals surface area contributed by atoms with Crippen LogP contribution in [0.2, 0.25) is 0 Å². The van der Waals surface area contributed by atoms with Crippen LogP contribution in [0.3, 0.4) is 0 Å². The van der Waals surface area contributed by atoms with E-state index in [1.807, 2.05) is 12.1 Å². The molecule has 3 aromatic rings. The molecule has 0 aliphatic rings. The molecule has 0 radical (unpaired) electrons. The van der Waals surface area contributed by atoms with Gasteiger partial charge in [0.25, 0.3) is 5.56 Å². The Morgan fingerprint density at radius 2 is 1.96 bits per heavy atom. The number of hydrogen-bond acceptors (Lipinski definition) is 4. The number of aromatic nitrogens is 2. The van der Waals surface area contributed by atoms with Crippen molar-refractivity contribution in [2.24, 2.45) is 0 Å². The second-order valence-electron chi connectivity index (χ2n) is 5.20. The number of fused-ring (bicyclic) bond motifs is 1. The van der Waals surface area contributed by atoms with Crippen LogP contribution >= 0.6 is 22.6 Å². The molecule has 0 spiro atoms. The molecule has 0 unspecified atom stereocenters. The highest BCUT2D eigenvalue weighted by molar-refractivity contribution is 14.1. The molecule has 1 heterocycles. The van der Waals surface area contributed by atoms with Crippen LogP contribution in [-0.2, 0) is 6.54 Å². The fourth-order valence-corrected chi connectivity index (χ4v) is 2.94. The maximum Gasteiger partial charge on any atom is 0.261 e. The van der Waals surface area contributed by atoms with E-state index >= 15 is 0 Å². The molecule has 5 nitrogen and oxygen atoms in total. The molecule has 0 saturated heterocycles. The van der Waals surface area contributed by atoms with E-state index in [9.17, 15) is 15.0 Å². The van der Waals surface area contributed by atoms with Gasteiger partial charge in [0.05, 0.1) is 24.1 Å². The van der Waals surface area contributed by atoms with Gasteiger partial charge >= 0.3 is 0 Å². The van der Waals surface area contributed by atoms with E-state index in [4.69, 9.17) is 0 Å². The van der Waals surface area contributed by atoms with Gasteiger partial charge < -0.3 is 10.2 Å². The minimum atomic E-state index is -0.190. The lowest BCUT2D eigenvalue weighted by atomic mass is 10.2. The van der Waals surface area contributed by atoms with Gasteiger partial charge in [-0.3, -0.25) is 9.36 Å². The smallest absolute Gasteiger partial charge is 0.261 e. The highest BCUT2D eigenvalue weighted by Gasteiger charge is 2.09. The van der Waals surface area contributed by atoms with Crippen LogP contribution in [0.25, 0.3) is 23.1 Å². The van der Waals surface area contributed by atoms with E-state index in [-0.39, 0.29) is 24.5 Å². The van der Waals surface area contributed by atoms with Crippen molar-refractivity contribution < 1.29 is 10.2 Å². The Kier molecular flexibility index (Phi) is 4.96. The third-order valence-electron chi connectivity index (χ3n) is 3.62. The fourth-order valence-electron chi connectivity index (χ4n) is 2.45. The van der Waals surface area contributed by atoms with Gasteiger partial charge in [0.1, 0.15) is 11.6 Å². The Bertz CT molecular complexity index is 980. The number of aliphatic hydroxyl groups is 1. The SMILES string of the molecule is O=c1c2cc(I)ccc2nc(/C=C/c2ccccc2O)n1CCO. The molecule has 3 rings (SSSR count). The Morgan fingerprint density at radius 1 is 1.17 bits per heavy atom. The van der Waals surface area contributed by atoms with E-state index < -0.39 is 0 Å². The molecular weight excluding hydrogens is 419 g/mol. The average molecular weight is 434 g/mol. The molecule has 0 aliphatic carbocycles. The molecule has 24 heavy (non-hydrogen) atoms. The predicted molar refractivity (Wildman–Crippen MR) is 103 cm³/mol. The molecule has 0 fully saturated rings. The number of aromatic hydroxyl groups is 1. The van der Waals surface area contributed by atoms with E-state index in [2.05, 4.69) is 27.6 Å². The summed E-state index contributed by atoms with van der Waals surface area (Å²) in [6.07, 6.45) is 3.37. The quantitative estimate of drug-likeness (QED) is 0.620. The van der Waals surface area contributed by atoms with E-state index in [1.54, 1.807) is 42.5 Å². The zero-order valence-corrected chi connectivity index (χ0v) is 14.8. The zero-order chi connectivity index (χ0) is 17.1. The summed E-state index contributed by atoms with van der Waals surface area (Å²) in [6, 6.07) is 12.4. The number of benzene rings is 2. The predicted octanol–water partition coefficient (Wildman–Crippen LogP) is 2.87. The first-order valence-corrected chi connectivity index (χ1v) is 8.45. The molecule has 2 aromatic carbocycles. The number of nitrogens with zero attached hydrogens (tertiary/aromatic N) is 2. The van der Waals surface area contributed by atoms with E-state index in [0.717, 1.165) is 3.57 Å². The molecular formula is C18H15IN2O3. The first-order chi connectivity index (χ1) is 11.6. The van der Waals surface area contributed by atoms with Crippen LogP contribution in [0.1, 0.15) is 11.4 Å². The summed E-state index contributed by atoms with van der Waals surface area (Å²) in [4.78, 5) is 17.2. The highest BCUT2D eigenvalue weighted by Crippen LogP contribution is 2.19. The van der Waals surface area contributed by atoms with Crippen LogP contribution < -0.4 is 5.56 Å². The monoisotopic (exact) mass is 434 g/mol. The van der Waals surface area contributed by atoms with Gasteiger partial charge in [-0.15, -0.1) is 0 Å². The topological polar surface area (TPSA) is 75.3 Å². The molecule has 6 heteroatoms. The van der Waals surface area contributed by atoms with Crippen molar-refractivity contribution in [3.05, 3.63) is 67.8 Å². The normalized spacial score (nSPS) is 11.4. The number of hydrogen-bond donors (Lipinski definition) is 2. The molecule has 1 aromatic heterocycles. The number of halogens is 1. The van der Waals surface area contributed by atoms with Crippen molar-refractivity contribution in [2.45, 2.75) is 6.54 Å². The van der Waals surface area contributed by atoms with Crippen LogP contribution in [0.4, 0.5) is 0 Å². The van der Waals surface area contributed by atoms with Crippen molar-refractivity contribution in [2.75, 3.05) is 6.61 Å². The number of phenols is 1. The van der Waals surface area contributed by atoms with Crippen LogP contribution in [0.5, 0.6) is 5.75 Å². The van der Waals surface area contributed by atoms with Crippen molar-refractivity contribution >= 4 is 45.6 Å². The maximum absolute atomic E-state index is 12.7. The van der Waals surface area contributed by atoms with E-state index in [1.165, 1.54) is 4.57 Å². The van der Waals surface area contributed by atoms with Gasteiger partial charge in [0, 0.05) is 9.13 Å². The van der Waals surface area contributed by atoms with Crippen molar-refractivity contribution in [3.63, 3.8) is 0 Å². The summed E-state index contributed by atoms with van der Waals surface area (Å²) in [7, 11) is 0. The highest BCUT2D eigenvalue weighted by atomic mass is 127. The molecule has 0 atom stereocenters. The summed E-state index contributed by atoms with van der Waals surface area (Å²) < 4.78 is 2.39. The minimum Gasteiger partial charge on any atom is -0.507 e. The van der Waals surface area contributed by atoms with Gasteiger partial charge in [-0.25, -0.2) is 4.98 Å². The molecule has 2 N–H and O–H groups in total. The first kappa shape index (κ1) is 16.7. The van der Waals surface area contributed by atoms with Gasteiger partial charge in [0.15, 0.2) is 0 Å². The molecule has 0 bridgehead atoms. The molecule has 0 amide bonds. The first-order valence-electron chi connectivity index (χ1n) is 7.37. The standard InChI is InChI=1S/C18H15IN2O3/c19-13-6-7-15-14(11-13)18(24)21(9-10-22)17(20-15)8-5-12-3-1-2-4-16(12)23/h1-8,11,22-23H,9-10H2/b8-5+. The molecule has 0 aliphatic heterocycles. The largest absolute Gasteiger partial charge is 0.507 e. The van der Waals surface area contributed by atoms with Crippen molar-refractivity contribution in [1.29, 1.82) is 0 Å². The van der Waals surface area contributed by atoms with Crippen LogP contribution in [-0.4, -0.2) is 26.4 Å². The second kappa shape index (κ2) is 7.14. The maximum atomic E-state index is 12.7. The van der Waals surface area contributed by atoms with Crippen molar-refractivity contribution in [1.82, 2.24) is 9.55 Å². The van der Waals surface area contributed by atoms with E-state index in [0.29, 0.717) is 22.3 Å².